The van der Waals surface area contributed by atoms with E-state index in [1.807, 2.05) is 0 Å². The fraction of sp³-hybridized carbons (Fsp3) is 0.318. The number of rotatable bonds is 7. The zero-order chi connectivity index (χ0) is 23.0. The Bertz CT molecular complexity index is 1270. The number of sulfonamides is 1. The highest BCUT2D eigenvalue weighted by Crippen LogP contribution is 2.45. The summed E-state index contributed by atoms with van der Waals surface area (Å²) in [6.07, 6.45) is 1.04. The molecule has 32 heavy (non-hydrogen) atoms. The highest BCUT2D eigenvalue weighted by atomic mass is 32.2. The minimum absolute atomic E-state index is 0.0948. The summed E-state index contributed by atoms with van der Waals surface area (Å²) in [7, 11) is -3.47. The van der Waals surface area contributed by atoms with Crippen molar-refractivity contribution in [1.82, 2.24) is 15.0 Å². The number of aromatic amines is 1. The lowest BCUT2D eigenvalue weighted by Gasteiger charge is -2.36. The van der Waals surface area contributed by atoms with Crippen LogP contribution >= 0.6 is 0 Å². The molecule has 0 saturated heterocycles. The molecule has 0 unspecified atom stereocenters. The van der Waals surface area contributed by atoms with E-state index >= 15 is 0 Å². The number of nitrogens with one attached hydrogen (secondary N) is 3. The Morgan fingerprint density at radius 2 is 1.78 bits per heavy atom. The normalized spacial score (nSPS) is 18.5. The summed E-state index contributed by atoms with van der Waals surface area (Å²) in [6.45, 7) is 1.13. The summed E-state index contributed by atoms with van der Waals surface area (Å²) in [5.41, 5.74) is 2.10. The Balaban J connectivity index is 1.56. The smallest absolute Gasteiger partial charge is 0.235 e. The highest BCUT2D eigenvalue weighted by molar-refractivity contribution is 7.89. The summed E-state index contributed by atoms with van der Waals surface area (Å²) >= 11 is 0. The molecule has 0 aliphatic heterocycles. The molecule has 1 amide bonds. The van der Waals surface area contributed by atoms with E-state index in [-0.39, 0.29) is 29.8 Å². The van der Waals surface area contributed by atoms with Gasteiger partial charge in [-0.25, -0.2) is 26.3 Å². The SMILES string of the molecule is CCS(=O)(=O)NCC(=O)N[C@H]1C[C@H](c2c(-c3ccc(F)cc3)[nH]c3c(F)cc(F)cc32)C1. The van der Waals surface area contributed by atoms with Crippen LogP contribution in [0.15, 0.2) is 36.4 Å². The molecule has 6 nitrogen and oxygen atoms in total. The van der Waals surface area contributed by atoms with Gasteiger partial charge in [0.05, 0.1) is 23.5 Å². The molecule has 1 saturated carbocycles. The molecule has 0 spiro atoms. The minimum Gasteiger partial charge on any atom is -0.352 e. The Morgan fingerprint density at radius 3 is 2.44 bits per heavy atom. The molecule has 0 atom stereocenters. The first-order chi connectivity index (χ1) is 15.2. The molecule has 0 bridgehead atoms. The second-order valence-corrected chi connectivity index (χ2v) is 9.98. The van der Waals surface area contributed by atoms with Crippen LogP contribution in [-0.4, -0.2) is 37.6 Å². The van der Waals surface area contributed by atoms with Crippen LogP contribution in [-0.2, 0) is 14.8 Å². The van der Waals surface area contributed by atoms with Crippen molar-refractivity contribution in [2.75, 3.05) is 12.3 Å². The first kappa shape index (κ1) is 22.3. The number of amides is 1. The fourth-order valence-corrected chi connectivity index (χ4v) is 4.59. The molecule has 2 aromatic carbocycles. The van der Waals surface area contributed by atoms with Crippen molar-refractivity contribution in [1.29, 1.82) is 0 Å². The van der Waals surface area contributed by atoms with Gasteiger partial charge >= 0.3 is 0 Å². The number of halogens is 3. The van der Waals surface area contributed by atoms with Crippen molar-refractivity contribution in [3.63, 3.8) is 0 Å². The molecule has 3 N–H and O–H groups in total. The largest absolute Gasteiger partial charge is 0.352 e. The predicted octanol–water partition coefficient (Wildman–Crippen LogP) is 3.55. The number of fused-ring (bicyclic) bond motifs is 1. The van der Waals surface area contributed by atoms with E-state index in [1.54, 1.807) is 12.1 Å². The quantitative estimate of drug-likeness (QED) is 0.498. The number of carbonyl (C=O) groups excluding carboxylic acids is 1. The second-order valence-electron chi connectivity index (χ2n) is 7.89. The van der Waals surface area contributed by atoms with Crippen LogP contribution in [0.25, 0.3) is 22.2 Å². The molecule has 1 heterocycles. The Kier molecular flexibility index (Phi) is 6.00. The van der Waals surface area contributed by atoms with Gasteiger partial charge in [0, 0.05) is 17.5 Å². The van der Waals surface area contributed by atoms with Crippen LogP contribution in [0.5, 0.6) is 0 Å². The summed E-state index contributed by atoms with van der Waals surface area (Å²) in [4.78, 5) is 15.1. The van der Waals surface area contributed by atoms with Crippen molar-refractivity contribution in [2.24, 2.45) is 0 Å². The fourth-order valence-electron chi connectivity index (χ4n) is 4.04. The van der Waals surface area contributed by atoms with Gasteiger partial charge in [-0.3, -0.25) is 4.79 Å². The van der Waals surface area contributed by atoms with Crippen molar-refractivity contribution in [3.8, 4) is 11.3 Å². The predicted molar refractivity (Wildman–Crippen MR) is 115 cm³/mol. The molecular weight excluding hydrogens is 443 g/mol. The second kappa shape index (κ2) is 8.59. The highest BCUT2D eigenvalue weighted by Gasteiger charge is 2.35. The molecule has 0 radical (unpaired) electrons. The van der Waals surface area contributed by atoms with Gasteiger partial charge in [0.1, 0.15) is 17.5 Å². The summed E-state index contributed by atoms with van der Waals surface area (Å²) in [6, 6.07) is 7.60. The number of H-pyrrole nitrogens is 1. The number of carbonyl (C=O) groups is 1. The standard InChI is InChI=1S/C22H22F3N3O3S/c1-2-32(30,31)26-11-19(29)27-16-7-13(8-16)20-17-9-15(24)10-18(25)22(17)28-21(20)12-3-5-14(23)6-4-12/h3-6,9-10,13,16,26,28H,2,7-8,11H2,1H3,(H,27,29)/t13-,16-. The van der Waals surface area contributed by atoms with Crippen LogP contribution in [0.4, 0.5) is 13.2 Å². The van der Waals surface area contributed by atoms with Crippen molar-refractivity contribution < 1.29 is 26.4 Å². The number of hydrogen-bond acceptors (Lipinski definition) is 3. The van der Waals surface area contributed by atoms with E-state index in [0.29, 0.717) is 35.0 Å². The van der Waals surface area contributed by atoms with Crippen LogP contribution in [0.2, 0.25) is 0 Å². The first-order valence-electron chi connectivity index (χ1n) is 10.2. The van der Waals surface area contributed by atoms with Gasteiger partial charge in [0.25, 0.3) is 0 Å². The Morgan fingerprint density at radius 1 is 1.09 bits per heavy atom. The molecule has 3 aromatic rings. The molecule has 1 fully saturated rings. The third-order valence-corrected chi connectivity index (χ3v) is 7.09. The molecule has 4 rings (SSSR count). The minimum atomic E-state index is -3.47. The van der Waals surface area contributed by atoms with E-state index < -0.39 is 33.4 Å². The van der Waals surface area contributed by atoms with E-state index in [0.717, 1.165) is 6.07 Å². The lowest BCUT2D eigenvalue weighted by molar-refractivity contribution is -0.121. The molecule has 170 valence electrons. The maximum atomic E-state index is 14.4. The first-order valence-corrected chi connectivity index (χ1v) is 11.9. The van der Waals surface area contributed by atoms with Gasteiger partial charge in [-0.05, 0) is 67.1 Å². The number of benzene rings is 2. The molecule has 1 aliphatic rings. The van der Waals surface area contributed by atoms with Gasteiger partial charge in [-0.2, -0.15) is 0 Å². The topological polar surface area (TPSA) is 91.1 Å². The summed E-state index contributed by atoms with van der Waals surface area (Å²) in [5, 5.41) is 3.18. The lowest BCUT2D eigenvalue weighted by atomic mass is 9.74. The van der Waals surface area contributed by atoms with Gasteiger partial charge in [-0.15, -0.1) is 0 Å². The molecule has 1 aliphatic carbocycles. The molecule has 10 heteroatoms. The summed E-state index contributed by atoms with van der Waals surface area (Å²) in [5.74, 6) is -2.49. The third-order valence-electron chi connectivity index (χ3n) is 5.74. The zero-order valence-electron chi connectivity index (χ0n) is 17.2. The monoisotopic (exact) mass is 465 g/mol. The van der Waals surface area contributed by atoms with E-state index in [2.05, 4.69) is 15.0 Å². The van der Waals surface area contributed by atoms with Crippen LogP contribution in [0, 0.1) is 17.5 Å². The molecule has 1 aromatic heterocycles. The summed E-state index contributed by atoms with van der Waals surface area (Å²) < 4.78 is 66.9. The average Bonchev–Trinajstić information content (AvgIpc) is 3.08. The van der Waals surface area contributed by atoms with Gasteiger partial charge in [-0.1, -0.05) is 0 Å². The van der Waals surface area contributed by atoms with E-state index in [9.17, 15) is 26.4 Å². The third kappa shape index (κ3) is 4.51. The van der Waals surface area contributed by atoms with Crippen molar-refractivity contribution >= 4 is 26.8 Å². The van der Waals surface area contributed by atoms with E-state index in [1.165, 1.54) is 25.1 Å². The maximum Gasteiger partial charge on any atom is 0.235 e. The van der Waals surface area contributed by atoms with Gasteiger partial charge in [0.15, 0.2) is 0 Å². The van der Waals surface area contributed by atoms with Crippen molar-refractivity contribution in [3.05, 3.63) is 59.4 Å². The Labute approximate surface area is 183 Å². The number of hydrogen-bond donors (Lipinski definition) is 3. The van der Waals surface area contributed by atoms with Crippen LogP contribution < -0.4 is 10.0 Å². The van der Waals surface area contributed by atoms with Gasteiger partial charge in [0.2, 0.25) is 15.9 Å². The zero-order valence-corrected chi connectivity index (χ0v) is 18.0. The van der Waals surface area contributed by atoms with Gasteiger partial charge < -0.3 is 10.3 Å². The van der Waals surface area contributed by atoms with E-state index in [4.69, 9.17) is 0 Å². The van der Waals surface area contributed by atoms with Crippen molar-refractivity contribution in [2.45, 2.75) is 31.7 Å². The Hall–Kier alpha value is -2.85. The number of aromatic nitrogens is 1. The van der Waals surface area contributed by atoms with Crippen LogP contribution in [0.3, 0.4) is 0 Å². The molecular formula is C22H22F3N3O3S. The maximum absolute atomic E-state index is 14.4. The van der Waals surface area contributed by atoms with Crippen LogP contribution in [0.1, 0.15) is 31.2 Å². The average molecular weight is 465 g/mol. The lowest BCUT2D eigenvalue weighted by Crippen LogP contribution is -2.47.